The summed E-state index contributed by atoms with van der Waals surface area (Å²) in [5.74, 6) is 0. The fourth-order valence-corrected chi connectivity index (χ4v) is 10.0. The van der Waals surface area contributed by atoms with E-state index in [1.54, 1.807) is 0 Å². The second-order valence-corrected chi connectivity index (χ2v) is 15.9. The highest BCUT2D eigenvalue weighted by Crippen LogP contribution is 2.56. The lowest BCUT2D eigenvalue weighted by atomic mass is 9.73. The van der Waals surface area contributed by atoms with Gasteiger partial charge in [-0.05, 0) is 111 Å². The second kappa shape index (κ2) is 14.0. The number of fused-ring (bicyclic) bond motifs is 8. The highest BCUT2D eigenvalue weighted by molar-refractivity contribution is 6.12. The first-order valence-corrected chi connectivity index (χ1v) is 20.9. The number of hydrogen-bond acceptors (Lipinski definition) is 2. The molecule has 0 N–H and O–H groups in total. The highest BCUT2D eigenvalue weighted by Gasteiger charge is 2.43. The predicted molar refractivity (Wildman–Crippen MR) is 249 cm³/mol. The van der Waals surface area contributed by atoms with E-state index >= 15 is 0 Å². The van der Waals surface area contributed by atoms with Gasteiger partial charge in [-0.3, -0.25) is 0 Å². The molecule has 59 heavy (non-hydrogen) atoms. The third-order valence-electron chi connectivity index (χ3n) is 13.0. The summed E-state index contributed by atoms with van der Waals surface area (Å²) in [5.41, 5.74) is 17.6. The molecule has 2 heteroatoms. The highest BCUT2D eigenvalue weighted by atomic mass is 16.3. The topological polar surface area (TPSA) is 16.4 Å². The molecule has 0 unspecified atom stereocenters. The first-order valence-electron chi connectivity index (χ1n) is 20.9. The number of benzene rings is 9. The summed E-state index contributed by atoms with van der Waals surface area (Å²) in [6, 6.07) is 72.8. The molecule has 0 spiro atoms. The minimum atomic E-state index is -0.0842. The molecule has 0 saturated carbocycles. The molecule has 1 aliphatic rings. The van der Waals surface area contributed by atoms with E-state index in [1.165, 1.54) is 60.7 Å². The fourth-order valence-electron chi connectivity index (χ4n) is 10.0. The molecular weight excluding hydrogens is 715 g/mol. The zero-order chi connectivity index (χ0) is 39.5. The molecule has 0 radical (unpaired) electrons. The molecule has 9 aromatic carbocycles. The zero-order valence-electron chi connectivity index (χ0n) is 33.3. The van der Waals surface area contributed by atoms with Crippen LogP contribution in [-0.4, -0.2) is 0 Å². The normalized spacial score (nSPS) is 12.8. The van der Waals surface area contributed by atoms with E-state index in [0.717, 1.165) is 57.6 Å². The minimum Gasteiger partial charge on any atom is -0.455 e. The van der Waals surface area contributed by atoms with Crippen LogP contribution < -0.4 is 4.90 Å². The molecule has 0 fully saturated rings. The fraction of sp³-hybridized carbons (Fsp3) is 0.0877. The van der Waals surface area contributed by atoms with Crippen LogP contribution in [0.15, 0.2) is 205 Å². The maximum atomic E-state index is 7.17. The Hall–Kier alpha value is -7.16. The van der Waals surface area contributed by atoms with Crippen LogP contribution in [0, 0.1) is 0 Å². The Kier molecular flexibility index (Phi) is 8.34. The van der Waals surface area contributed by atoms with Gasteiger partial charge in [0, 0.05) is 44.4 Å². The molecule has 0 aliphatic heterocycles. The minimum absolute atomic E-state index is 0.0842. The Morgan fingerprint density at radius 1 is 0.390 bits per heavy atom. The van der Waals surface area contributed by atoms with Crippen molar-refractivity contribution in [3.63, 3.8) is 0 Å². The van der Waals surface area contributed by atoms with Gasteiger partial charge in [0.15, 0.2) is 0 Å². The first kappa shape index (κ1) is 35.0. The number of rotatable bonds is 8. The third-order valence-corrected chi connectivity index (χ3v) is 13.0. The molecule has 1 aliphatic carbocycles. The monoisotopic (exact) mass is 757 g/mol. The maximum Gasteiger partial charge on any atom is 0.143 e. The number of para-hydroxylation sites is 1. The lowest BCUT2D eigenvalue weighted by molar-refractivity contribution is 0.486. The molecule has 0 amide bonds. The van der Waals surface area contributed by atoms with Crippen LogP contribution in [-0.2, 0) is 5.41 Å². The van der Waals surface area contributed by atoms with Gasteiger partial charge in [0.05, 0.1) is 0 Å². The number of nitrogens with zero attached hydrogens (tertiary/aromatic N) is 1. The van der Waals surface area contributed by atoms with Gasteiger partial charge in [-0.2, -0.15) is 0 Å². The summed E-state index contributed by atoms with van der Waals surface area (Å²) in [6.07, 6.45) is 2.04. The van der Waals surface area contributed by atoms with Crippen LogP contribution in [0.4, 0.5) is 17.1 Å². The Balaban J connectivity index is 1.05. The Bertz CT molecular complexity index is 3160. The molecule has 0 bridgehead atoms. The van der Waals surface area contributed by atoms with Crippen LogP contribution in [0.2, 0.25) is 0 Å². The maximum absolute atomic E-state index is 7.17. The number of furan rings is 1. The first-order chi connectivity index (χ1) is 29.1. The zero-order valence-corrected chi connectivity index (χ0v) is 33.3. The van der Waals surface area contributed by atoms with Crippen molar-refractivity contribution in [3.05, 3.63) is 211 Å². The molecule has 0 saturated heterocycles. The number of anilines is 3. The van der Waals surface area contributed by atoms with Crippen molar-refractivity contribution in [3.8, 4) is 44.5 Å². The molecule has 11 rings (SSSR count). The molecule has 282 valence electrons. The average Bonchev–Trinajstić information content (AvgIpc) is 3.83. The summed E-state index contributed by atoms with van der Waals surface area (Å²) in [6.45, 7) is 4.65. The average molecular weight is 758 g/mol. The van der Waals surface area contributed by atoms with Crippen molar-refractivity contribution in [1.29, 1.82) is 0 Å². The lowest BCUT2D eigenvalue weighted by Gasteiger charge is -2.29. The predicted octanol–water partition coefficient (Wildman–Crippen LogP) is 16.3. The lowest BCUT2D eigenvalue weighted by Crippen LogP contribution is -2.23. The molecule has 2 nitrogen and oxygen atoms in total. The van der Waals surface area contributed by atoms with Crippen LogP contribution in [0.25, 0.3) is 77.2 Å². The van der Waals surface area contributed by atoms with Gasteiger partial charge in [-0.1, -0.05) is 172 Å². The van der Waals surface area contributed by atoms with Crippen molar-refractivity contribution in [1.82, 2.24) is 0 Å². The second-order valence-electron chi connectivity index (χ2n) is 15.9. The van der Waals surface area contributed by atoms with Crippen molar-refractivity contribution in [2.24, 2.45) is 0 Å². The SMILES string of the molecule is CCC1(CC)c2ccccc2-c2ccc3c(oc4c(-c5cccc(N(c6ccc(-c7ccccc7)cc6)c6ccc(-c7cccc8ccccc78)cc6)c5)cccc43)c21. The molecule has 1 heterocycles. The third kappa shape index (κ3) is 5.55. The summed E-state index contributed by atoms with van der Waals surface area (Å²) in [5, 5.41) is 4.84. The largest absolute Gasteiger partial charge is 0.455 e. The quantitative estimate of drug-likeness (QED) is 0.153. The van der Waals surface area contributed by atoms with Crippen molar-refractivity contribution >= 4 is 49.8 Å². The summed E-state index contributed by atoms with van der Waals surface area (Å²) in [4.78, 5) is 2.37. The van der Waals surface area contributed by atoms with Gasteiger partial charge in [-0.15, -0.1) is 0 Å². The van der Waals surface area contributed by atoms with E-state index in [9.17, 15) is 0 Å². The molecule has 1 aromatic heterocycles. The Morgan fingerprint density at radius 3 is 1.76 bits per heavy atom. The van der Waals surface area contributed by atoms with Crippen molar-refractivity contribution < 1.29 is 4.42 Å². The van der Waals surface area contributed by atoms with E-state index in [2.05, 4.69) is 219 Å². The summed E-state index contributed by atoms with van der Waals surface area (Å²) >= 11 is 0. The van der Waals surface area contributed by atoms with E-state index < -0.39 is 0 Å². The standard InChI is InChI=1S/C57H43NO/c1-3-57(4-2)53-26-11-10-22-49(53)50-35-36-52-51-25-14-24-48(55(51)59-56(52)54(50)57)42-19-12-20-45(37-42)58(43-31-27-39(28-32-43)38-15-6-5-7-16-38)44-33-29-41(30-34-44)47-23-13-18-40-17-8-9-21-46(40)47/h5-37H,3-4H2,1-2H3. The van der Waals surface area contributed by atoms with Crippen molar-refractivity contribution in [2.45, 2.75) is 32.1 Å². The summed E-state index contributed by atoms with van der Waals surface area (Å²) < 4.78 is 7.17. The van der Waals surface area contributed by atoms with Crippen LogP contribution in [0.3, 0.4) is 0 Å². The van der Waals surface area contributed by atoms with Gasteiger partial charge in [0.1, 0.15) is 11.2 Å². The van der Waals surface area contributed by atoms with Gasteiger partial charge in [0.2, 0.25) is 0 Å². The van der Waals surface area contributed by atoms with Crippen LogP contribution in [0.1, 0.15) is 37.8 Å². The van der Waals surface area contributed by atoms with E-state index in [-0.39, 0.29) is 5.41 Å². The van der Waals surface area contributed by atoms with Crippen molar-refractivity contribution in [2.75, 3.05) is 4.90 Å². The smallest absolute Gasteiger partial charge is 0.143 e. The summed E-state index contributed by atoms with van der Waals surface area (Å²) in [7, 11) is 0. The molecule has 10 aromatic rings. The van der Waals surface area contributed by atoms with Crippen LogP contribution in [0.5, 0.6) is 0 Å². The number of hydrogen-bond donors (Lipinski definition) is 0. The van der Waals surface area contributed by atoms with Gasteiger partial charge in [-0.25, -0.2) is 0 Å². The Morgan fingerprint density at radius 2 is 0.966 bits per heavy atom. The Labute approximate surface area is 345 Å². The van der Waals surface area contributed by atoms with Gasteiger partial charge < -0.3 is 9.32 Å². The van der Waals surface area contributed by atoms with E-state index in [4.69, 9.17) is 4.42 Å². The van der Waals surface area contributed by atoms with Gasteiger partial charge >= 0.3 is 0 Å². The van der Waals surface area contributed by atoms with E-state index in [0.29, 0.717) is 0 Å². The van der Waals surface area contributed by atoms with Crippen LogP contribution >= 0.6 is 0 Å². The van der Waals surface area contributed by atoms with E-state index in [1.807, 2.05) is 0 Å². The van der Waals surface area contributed by atoms with Gasteiger partial charge in [0.25, 0.3) is 0 Å². The molecular formula is C57H43NO. The molecule has 0 atom stereocenters.